The molecule has 0 spiro atoms. The largest absolute Gasteiger partial charge is 0.464 e. The van der Waals surface area contributed by atoms with Crippen molar-refractivity contribution in [3.63, 3.8) is 0 Å². The molecule has 0 amide bonds. The second kappa shape index (κ2) is 6.14. The van der Waals surface area contributed by atoms with Gasteiger partial charge in [0, 0.05) is 5.56 Å². The van der Waals surface area contributed by atoms with Gasteiger partial charge in [-0.1, -0.05) is 49.7 Å². The Morgan fingerprint density at radius 1 is 1.29 bits per heavy atom. The van der Waals surface area contributed by atoms with Gasteiger partial charge in [-0.15, -0.1) is 0 Å². The number of pyridine rings is 1. The average Bonchev–Trinajstić information content (AvgIpc) is 2.49. The lowest BCUT2D eigenvalue weighted by atomic mass is 10.0. The molecule has 21 heavy (non-hydrogen) atoms. The monoisotopic (exact) mass is 304 g/mol. The first-order valence-electron chi connectivity index (χ1n) is 6.58. The van der Waals surface area contributed by atoms with E-state index in [0.717, 1.165) is 5.56 Å². The van der Waals surface area contributed by atoms with E-state index in [4.69, 9.17) is 17.3 Å². The molecular formula is C16H17ClN2O2. The maximum Gasteiger partial charge on any atom is 0.358 e. The minimum atomic E-state index is -0.604. The Balaban J connectivity index is 2.49. The molecule has 1 heterocycles. The summed E-state index contributed by atoms with van der Waals surface area (Å²) in [6, 6.07) is 9.62. The Kier molecular flexibility index (Phi) is 4.48. The lowest BCUT2D eigenvalue weighted by molar-refractivity contribution is 0.0594. The van der Waals surface area contributed by atoms with E-state index >= 15 is 0 Å². The standard InChI is InChI=1S/C16H17ClN2O2/c1-9(2)10-4-6-11(7-5-10)13-8-12(18)14(17)15(19-13)16(20)21-3/h4-9H,1-3H3,(H2,18,19). The summed E-state index contributed by atoms with van der Waals surface area (Å²) in [5.41, 5.74) is 8.87. The summed E-state index contributed by atoms with van der Waals surface area (Å²) in [6.07, 6.45) is 0. The molecule has 0 unspecified atom stereocenters. The zero-order valence-corrected chi connectivity index (χ0v) is 12.9. The third kappa shape index (κ3) is 3.16. The molecule has 0 bridgehead atoms. The van der Waals surface area contributed by atoms with Crippen LogP contribution in [0.2, 0.25) is 5.02 Å². The second-order valence-electron chi connectivity index (χ2n) is 5.03. The Hall–Kier alpha value is -2.07. The van der Waals surface area contributed by atoms with Crippen molar-refractivity contribution < 1.29 is 9.53 Å². The zero-order valence-electron chi connectivity index (χ0n) is 12.2. The van der Waals surface area contributed by atoms with Crippen molar-refractivity contribution >= 4 is 23.3 Å². The quantitative estimate of drug-likeness (QED) is 0.874. The third-order valence-corrected chi connectivity index (χ3v) is 3.63. The van der Waals surface area contributed by atoms with Gasteiger partial charge in [-0.25, -0.2) is 9.78 Å². The first-order chi connectivity index (χ1) is 9.93. The van der Waals surface area contributed by atoms with E-state index in [1.165, 1.54) is 12.7 Å². The van der Waals surface area contributed by atoms with Crippen LogP contribution in [0.4, 0.5) is 5.69 Å². The molecule has 0 saturated carbocycles. The molecular weight excluding hydrogens is 288 g/mol. The van der Waals surface area contributed by atoms with Crippen LogP contribution in [0.3, 0.4) is 0 Å². The summed E-state index contributed by atoms with van der Waals surface area (Å²) in [4.78, 5) is 16.0. The van der Waals surface area contributed by atoms with Crippen molar-refractivity contribution in [3.8, 4) is 11.3 Å². The molecule has 2 N–H and O–H groups in total. The van der Waals surface area contributed by atoms with E-state index in [2.05, 4.69) is 23.6 Å². The molecule has 1 aromatic carbocycles. The lowest BCUT2D eigenvalue weighted by Crippen LogP contribution is -2.08. The van der Waals surface area contributed by atoms with Crippen LogP contribution in [-0.2, 0) is 4.74 Å². The summed E-state index contributed by atoms with van der Waals surface area (Å²) in [5, 5.41) is 0.115. The predicted molar refractivity (Wildman–Crippen MR) is 84.5 cm³/mol. The fraction of sp³-hybridized carbons (Fsp3) is 0.250. The van der Waals surface area contributed by atoms with Crippen LogP contribution in [0.25, 0.3) is 11.3 Å². The normalized spacial score (nSPS) is 10.7. The molecule has 0 fully saturated rings. The maximum absolute atomic E-state index is 11.7. The predicted octanol–water partition coefficient (Wildman–Crippen LogP) is 3.89. The number of methoxy groups -OCH3 is 1. The number of esters is 1. The summed E-state index contributed by atoms with van der Waals surface area (Å²) < 4.78 is 4.67. The first-order valence-corrected chi connectivity index (χ1v) is 6.96. The molecule has 0 radical (unpaired) electrons. The molecule has 0 aliphatic carbocycles. The van der Waals surface area contributed by atoms with Gasteiger partial charge in [0.05, 0.1) is 23.5 Å². The van der Waals surface area contributed by atoms with E-state index in [9.17, 15) is 4.79 Å². The summed E-state index contributed by atoms with van der Waals surface area (Å²) in [5.74, 6) is -0.153. The summed E-state index contributed by atoms with van der Waals surface area (Å²) in [7, 11) is 1.28. The second-order valence-corrected chi connectivity index (χ2v) is 5.41. The smallest absolute Gasteiger partial charge is 0.358 e. The van der Waals surface area contributed by atoms with Gasteiger partial charge in [-0.2, -0.15) is 0 Å². The van der Waals surface area contributed by atoms with Crippen LogP contribution in [-0.4, -0.2) is 18.1 Å². The van der Waals surface area contributed by atoms with Gasteiger partial charge >= 0.3 is 5.97 Å². The Morgan fingerprint density at radius 2 is 1.90 bits per heavy atom. The average molecular weight is 305 g/mol. The Labute approximate surface area is 128 Å². The Bertz CT molecular complexity index is 667. The van der Waals surface area contributed by atoms with Gasteiger partial charge in [0.25, 0.3) is 0 Å². The molecule has 2 rings (SSSR count). The number of nitrogens with two attached hydrogens (primary N) is 1. The van der Waals surface area contributed by atoms with E-state index in [-0.39, 0.29) is 10.7 Å². The van der Waals surface area contributed by atoms with Crippen molar-refractivity contribution in [2.75, 3.05) is 12.8 Å². The molecule has 0 atom stereocenters. The minimum absolute atomic E-state index is 0.0297. The number of hydrogen-bond donors (Lipinski definition) is 1. The topological polar surface area (TPSA) is 65.2 Å². The fourth-order valence-electron chi connectivity index (χ4n) is 1.97. The molecule has 0 aliphatic rings. The fourth-order valence-corrected chi connectivity index (χ4v) is 2.14. The van der Waals surface area contributed by atoms with Crippen molar-refractivity contribution in [2.45, 2.75) is 19.8 Å². The molecule has 0 saturated heterocycles. The lowest BCUT2D eigenvalue weighted by Gasteiger charge is -2.10. The number of nitrogens with zero attached hydrogens (tertiary/aromatic N) is 1. The number of anilines is 1. The number of ether oxygens (including phenoxy) is 1. The SMILES string of the molecule is COC(=O)c1nc(-c2ccc(C(C)C)cc2)cc(N)c1Cl. The van der Waals surface area contributed by atoms with E-state index in [1.54, 1.807) is 6.07 Å². The first kappa shape index (κ1) is 15.3. The highest BCUT2D eigenvalue weighted by Gasteiger charge is 2.17. The van der Waals surface area contributed by atoms with Crippen LogP contribution in [0.5, 0.6) is 0 Å². The van der Waals surface area contributed by atoms with Crippen molar-refractivity contribution in [1.82, 2.24) is 4.98 Å². The zero-order chi connectivity index (χ0) is 15.6. The Morgan fingerprint density at radius 3 is 2.43 bits per heavy atom. The number of benzene rings is 1. The van der Waals surface area contributed by atoms with Crippen LogP contribution >= 0.6 is 11.6 Å². The molecule has 5 heteroatoms. The van der Waals surface area contributed by atoms with Crippen LogP contribution in [0, 0.1) is 0 Å². The molecule has 1 aromatic heterocycles. The van der Waals surface area contributed by atoms with E-state index in [1.807, 2.05) is 24.3 Å². The van der Waals surface area contributed by atoms with Gasteiger partial charge in [0.1, 0.15) is 0 Å². The highest BCUT2D eigenvalue weighted by Crippen LogP contribution is 2.29. The number of halogens is 1. The van der Waals surface area contributed by atoms with E-state index < -0.39 is 5.97 Å². The third-order valence-electron chi connectivity index (χ3n) is 3.24. The van der Waals surface area contributed by atoms with E-state index in [0.29, 0.717) is 17.3 Å². The van der Waals surface area contributed by atoms with Crippen LogP contribution in [0.1, 0.15) is 35.8 Å². The highest BCUT2D eigenvalue weighted by molar-refractivity contribution is 6.35. The summed E-state index contributed by atoms with van der Waals surface area (Å²) in [6.45, 7) is 4.26. The molecule has 110 valence electrons. The number of carbonyl (C=O) groups is 1. The van der Waals surface area contributed by atoms with Crippen molar-refractivity contribution in [1.29, 1.82) is 0 Å². The van der Waals surface area contributed by atoms with Gasteiger partial charge in [-0.3, -0.25) is 0 Å². The van der Waals surface area contributed by atoms with Gasteiger partial charge in [0.2, 0.25) is 0 Å². The number of aromatic nitrogens is 1. The van der Waals surface area contributed by atoms with Crippen molar-refractivity contribution in [2.24, 2.45) is 0 Å². The number of rotatable bonds is 3. The van der Waals surface area contributed by atoms with Gasteiger partial charge < -0.3 is 10.5 Å². The van der Waals surface area contributed by atoms with Crippen LogP contribution in [0.15, 0.2) is 30.3 Å². The number of carbonyl (C=O) groups excluding carboxylic acids is 1. The highest BCUT2D eigenvalue weighted by atomic mass is 35.5. The number of hydrogen-bond acceptors (Lipinski definition) is 4. The molecule has 0 aliphatic heterocycles. The number of nitrogen functional groups attached to an aromatic ring is 1. The van der Waals surface area contributed by atoms with Crippen LogP contribution < -0.4 is 5.73 Å². The van der Waals surface area contributed by atoms with Crippen molar-refractivity contribution in [3.05, 3.63) is 46.6 Å². The van der Waals surface area contributed by atoms with Gasteiger partial charge in [0.15, 0.2) is 5.69 Å². The van der Waals surface area contributed by atoms with Gasteiger partial charge in [-0.05, 0) is 17.5 Å². The maximum atomic E-state index is 11.7. The molecule has 4 nitrogen and oxygen atoms in total. The molecule has 2 aromatic rings. The summed E-state index contributed by atoms with van der Waals surface area (Å²) >= 11 is 6.00. The minimum Gasteiger partial charge on any atom is -0.464 e.